The van der Waals surface area contributed by atoms with Crippen molar-refractivity contribution < 1.29 is 9.47 Å². The second-order valence-electron chi connectivity index (χ2n) is 6.66. The molecular formula is C18H25FO. The van der Waals surface area contributed by atoms with Crippen LogP contribution in [0.5, 0.6) is 5.75 Å². The molecular weight excluding hydrogens is 251 g/mol. The lowest BCUT2D eigenvalue weighted by Gasteiger charge is -2.36. The van der Waals surface area contributed by atoms with Crippen LogP contribution >= 0.6 is 0 Å². The quantitative estimate of drug-likeness (QED) is 0.677. The van der Waals surface area contributed by atoms with E-state index >= 15 is 0 Å². The maximum atomic E-state index is 12.1. The first-order chi connectivity index (χ1) is 9.86. The van der Waals surface area contributed by atoms with Crippen LogP contribution in [0.15, 0.2) is 24.3 Å². The maximum Gasteiger partial charge on any atom is 0.171 e. The van der Waals surface area contributed by atoms with Gasteiger partial charge in [0.1, 0.15) is 0 Å². The highest BCUT2D eigenvalue weighted by molar-refractivity contribution is 5.29. The molecule has 1 nitrogen and oxygen atoms in total. The van der Waals surface area contributed by atoms with Crippen LogP contribution in [-0.4, -0.2) is 0 Å². The summed E-state index contributed by atoms with van der Waals surface area (Å²) in [6, 6.07) is 7.53. The lowest BCUT2D eigenvalue weighted by molar-refractivity contribution is -0.00623. The van der Waals surface area contributed by atoms with Gasteiger partial charge in [-0.05, 0) is 61.1 Å². The highest BCUT2D eigenvalue weighted by atomic mass is 19.3. The van der Waals surface area contributed by atoms with E-state index < -0.39 is 0 Å². The largest absolute Gasteiger partial charge is 0.294 e. The van der Waals surface area contributed by atoms with E-state index in [4.69, 9.17) is 0 Å². The van der Waals surface area contributed by atoms with Crippen molar-refractivity contribution in [3.63, 3.8) is 0 Å². The van der Waals surface area contributed by atoms with Crippen molar-refractivity contribution in [2.24, 2.45) is 11.8 Å². The third kappa shape index (κ3) is 3.16. The van der Waals surface area contributed by atoms with Gasteiger partial charge in [0.2, 0.25) is 0 Å². The first-order valence-corrected chi connectivity index (χ1v) is 8.25. The van der Waals surface area contributed by atoms with Crippen molar-refractivity contribution in [2.75, 3.05) is 0 Å². The van der Waals surface area contributed by atoms with Crippen molar-refractivity contribution in [2.45, 2.75) is 63.7 Å². The van der Waals surface area contributed by atoms with Gasteiger partial charge in [-0.1, -0.05) is 44.2 Å². The van der Waals surface area contributed by atoms with Gasteiger partial charge in [0.25, 0.3) is 0 Å². The van der Waals surface area contributed by atoms with E-state index in [1.165, 1.54) is 63.4 Å². The Labute approximate surface area is 121 Å². The minimum absolute atomic E-state index is 0.310. The zero-order valence-corrected chi connectivity index (χ0v) is 12.2. The topological polar surface area (TPSA) is 9.23 Å². The van der Waals surface area contributed by atoms with Crippen LogP contribution in [0, 0.1) is 11.8 Å². The minimum Gasteiger partial charge on any atom is -0.294 e. The summed E-state index contributed by atoms with van der Waals surface area (Å²) in [6.45, 7) is 0. The molecule has 2 aliphatic rings. The van der Waals surface area contributed by atoms with Crippen LogP contribution < -0.4 is 4.94 Å². The Balaban J connectivity index is 1.54. The molecule has 110 valence electrons. The van der Waals surface area contributed by atoms with Crippen molar-refractivity contribution in [1.29, 1.82) is 0 Å². The van der Waals surface area contributed by atoms with E-state index in [1.54, 1.807) is 12.1 Å². The van der Waals surface area contributed by atoms with Gasteiger partial charge in [0.05, 0.1) is 0 Å². The summed E-state index contributed by atoms with van der Waals surface area (Å²) in [4.78, 5) is 3.75. The molecule has 0 heterocycles. The standard InChI is InChI=1S/C18H25FO/c19-20-18-12-10-17(11-13-18)16-8-6-15(7-9-16)14-4-2-1-3-5-14/h10-16H,1-9H2. The van der Waals surface area contributed by atoms with Gasteiger partial charge in [0, 0.05) is 4.53 Å². The minimum atomic E-state index is 0.310. The second-order valence-corrected chi connectivity index (χ2v) is 6.66. The number of halogens is 1. The molecule has 0 amide bonds. The molecule has 2 saturated carbocycles. The number of benzene rings is 1. The van der Waals surface area contributed by atoms with Crippen LogP contribution in [0.2, 0.25) is 0 Å². The summed E-state index contributed by atoms with van der Waals surface area (Å²) in [5, 5.41) is 0. The third-order valence-electron chi connectivity index (χ3n) is 5.53. The molecule has 2 aliphatic carbocycles. The van der Waals surface area contributed by atoms with Gasteiger partial charge in [-0.2, -0.15) is 0 Å². The fourth-order valence-electron chi connectivity index (χ4n) is 4.32. The molecule has 2 fully saturated rings. The molecule has 0 aliphatic heterocycles. The zero-order chi connectivity index (χ0) is 13.8. The van der Waals surface area contributed by atoms with Gasteiger partial charge >= 0.3 is 0 Å². The Morgan fingerprint density at radius 1 is 0.750 bits per heavy atom. The summed E-state index contributed by atoms with van der Waals surface area (Å²) in [6.07, 6.45) is 12.7. The van der Waals surface area contributed by atoms with Crippen molar-refractivity contribution in [3.05, 3.63) is 29.8 Å². The predicted octanol–water partition coefficient (Wildman–Crippen LogP) is 5.80. The van der Waals surface area contributed by atoms with Gasteiger partial charge in [-0.3, -0.25) is 4.94 Å². The Kier molecular flexibility index (Phi) is 4.59. The molecule has 1 aromatic rings. The maximum absolute atomic E-state index is 12.1. The molecule has 3 rings (SSSR count). The smallest absolute Gasteiger partial charge is 0.171 e. The predicted molar refractivity (Wildman–Crippen MR) is 79.5 cm³/mol. The van der Waals surface area contributed by atoms with Crippen LogP contribution in [-0.2, 0) is 0 Å². The lowest BCUT2D eigenvalue weighted by atomic mass is 9.70. The van der Waals surface area contributed by atoms with Gasteiger partial charge in [-0.25, -0.2) is 0 Å². The molecule has 0 N–H and O–H groups in total. The Bertz CT molecular complexity index is 400. The molecule has 0 unspecified atom stereocenters. The third-order valence-corrected chi connectivity index (χ3v) is 5.53. The van der Waals surface area contributed by atoms with Crippen LogP contribution in [0.25, 0.3) is 0 Å². The van der Waals surface area contributed by atoms with E-state index in [0.29, 0.717) is 11.7 Å². The van der Waals surface area contributed by atoms with Gasteiger partial charge in [-0.15, -0.1) is 0 Å². The molecule has 0 radical (unpaired) electrons. The fourth-order valence-corrected chi connectivity index (χ4v) is 4.32. The lowest BCUT2D eigenvalue weighted by Crippen LogP contribution is -2.23. The van der Waals surface area contributed by atoms with E-state index in [2.05, 4.69) is 4.94 Å². The summed E-state index contributed by atoms with van der Waals surface area (Å²) < 4.78 is 12.1. The summed E-state index contributed by atoms with van der Waals surface area (Å²) >= 11 is 0. The average molecular weight is 276 g/mol. The molecule has 0 saturated heterocycles. The van der Waals surface area contributed by atoms with E-state index in [9.17, 15) is 4.53 Å². The van der Waals surface area contributed by atoms with Crippen molar-refractivity contribution >= 4 is 0 Å². The van der Waals surface area contributed by atoms with Crippen LogP contribution in [0.4, 0.5) is 4.53 Å². The van der Waals surface area contributed by atoms with E-state index in [1.807, 2.05) is 12.1 Å². The highest BCUT2D eigenvalue weighted by Crippen LogP contribution is 2.43. The molecule has 20 heavy (non-hydrogen) atoms. The summed E-state index contributed by atoms with van der Waals surface area (Å²) in [5.74, 6) is 2.96. The van der Waals surface area contributed by atoms with E-state index in [-0.39, 0.29) is 0 Å². The normalized spacial score (nSPS) is 28.2. The molecule has 0 spiro atoms. The Morgan fingerprint density at radius 2 is 1.35 bits per heavy atom. The van der Waals surface area contributed by atoms with Crippen LogP contribution in [0.3, 0.4) is 0 Å². The molecule has 1 aromatic carbocycles. The van der Waals surface area contributed by atoms with Crippen molar-refractivity contribution in [1.82, 2.24) is 0 Å². The SMILES string of the molecule is FOc1ccc(C2CCC(C3CCCCC3)CC2)cc1. The van der Waals surface area contributed by atoms with Gasteiger partial charge in [0.15, 0.2) is 5.75 Å². The first-order valence-electron chi connectivity index (χ1n) is 8.25. The molecule has 2 heteroatoms. The van der Waals surface area contributed by atoms with Crippen molar-refractivity contribution in [3.8, 4) is 5.75 Å². The molecule has 0 bridgehead atoms. The summed E-state index contributed by atoms with van der Waals surface area (Å²) in [5.41, 5.74) is 1.35. The Morgan fingerprint density at radius 3 is 1.95 bits per heavy atom. The zero-order valence-electron chi connectivity index (χ0n) is 12.2. The average Bonchev–Trinajstić information content (AvgIpc) is 2.56. The molecule has 0 atom stereocenters. The highest BCUT2D eigenvalue weighted by Gasteiger charge is 2.28. The number of hydrogen-bond donors (Lipinski definition) is 0. The first kappa shape index (κ1) is 13.9. The van der Waals surface area contributed by atoms with Crippen LogP contribution in [0.1, 0.15) is 69.3 Å². The fraction of sp³-hybridized carbons (Fsp3) is 0.667. The summed E-state index contributed by atoms with van der Waals surface area (Å²) in [7, 11) is 0. The van der Waals surface area contributed by atoms with E-state index in [0.717, 1.165) is 11.8 Å². The monoisotopic (exact) mass is 276 g/mol. The number of rotatable bonds is 3. The number of hydrogen-bond acceptors (Lipinski definition) is 1. The Hall–Kier alpha value is -1.05. The second kappa shape index (κ2) is 6.60. The van der Waals surface area contributed by atoms with Gasteiger partial charge < -0.3 is 0 Å². The molecule has 0 aromatic heterocycles.